The average Bonchev–Trinajstić information content (AvgIpc) is 2.47. The Kier molecular flexibility index (Phi) is 4.32. The van der Waals surface area contributed by atoms with Crippen molar-refractivity contribution in [1.82, 2.24) is 10.3 Å². The third-order valence-electron chi connectivity index (χ3n) is 2.51. The maximum Gasteiger partial charge on any atom is 0.253 e. The fraction of sp³-hybridized carbons (Fsp3) is 0.0714. The van der Waals surface area contributed by atoms with Crippen LogP contribution in [0.2, 0.25) is 0 Å². The summed E-state index contributed by atoms with van der Waals surface area (Å²) < 4.78 is 5.50. The maximum atomic E-state index is 11.5. The second-order valence-corrected chi connectivity index (χ2v) is 4.21. The van der Waals surface area contributed by atoms with Gasteiger partial charge in [0.1, 0.15) is 5.75 Å². The molecule has 1 heterocycles. The molecule has 20 heavy (non-hydrogen) atoms. The van der Waals surface area contributed by atoms with E-state index in [-0.39, 0.29) is 11.5 Å². The smallest absolute Gasteiger partial charge is 0.253 e. The van der Waals surface area contributed by atoms with Gasteiger partial charge in [-0.15, -0.1) is 0 Å². The summed E-state index contributed by atoms with van der Waals surface area (Å²) in [6, 6.07) is 9.73. The normalized spacial score (nSPS) is 9.90. The molecule has 6 heteroatoms. The van der Waals surface area contributed by atoms with Gasteiger partial charge in [0.15, 0.2) is 0 Å². The second kappa shape index (κ2) is 6.16. The van der Waals surface area contributed by atoms with Crippen LogP contribution in [0.4, 0.5) is 0 Å². The minimum Gasteiger partial charge on any atom is -0.439 e. The number of nitrogens with zero attached hydrogens (tertiary/aromatic N) is 1. The van der Waals surface area contributed by atoms with Crippen LogP contribution in [-0.2, 0) is 0 Å². The van der Waals surface area contributed by atoms with Gasteiger partial charge in [0, 0.05) is 24.9 Å². The lowest BCUT2D eigenvalue weighted by molar-refractivity contribution is 0.0962. The summed E-state index contributed by atoms with van der Waals surface area (Å²) in [5.41, 5.74) is 0.774. The van der Waals surface area contributed by atoms with Crippen molar-refractivity contribution in [2.45, 2.75) is 0 Å². The summed E-state index contributed by atoms with van der Waals surface area (Å²) >= 11 is 5.32. The van der Waals surface area contributed by atoms with Crippen molar-refractivity contribution in [3.63, 3.8) is 0 Å². The van der Waals surface area contributed by atoms with Gasteiger partial charge in [-0.25, -0.2) is 4.98 Å². The van der Waals surface area contributed by atoms with Gasteiger partial charge in [-0.05, 0) is 35.9 Å². The number of hydrogen-bond acceptors (Lipinski definition) is 4. The first-order valence-electron chi connectivity index (χ1n) is 5.76. The van der Waals surface area contributed by atoms with Crippen LogP contribution in [0, 0.1) is 0 Å². The largest absolute Gasteiger partial charge is 0.439 e. The zero-order valence-corrected chi connectivity index (χ0v) is 11.3. The number of benzene rings is 1. The monoisotopic (exact) mass is 290 g/mol. The molecule has 0 radical (unpaired) electrons. The molecule has 0 unspecified atom stereocenters. The Labute approximate surface area is 120 Å². The highest BCUT2D eigenvalue weighted by atomic mass is 35.5. The van der Waals surface area contributed by atoms with Crippen LogP contribution in [0.1, 0.15) is 20.7 Å². The van der Waals surface area contributed by atoms with Gasteiger partial charge in [0.25, 0.3) is 11.1 Å². The zero-order valence-electron chi connectivity index (χ0n) is 10.6. The molecule has 0 spiro atoms. The number of ether oxygens (including phenoxy) is 1. The topological polar surface area (TPSA) is 68.3 Å². The Morgan fingerprint density at radius 1 is 1.20 bits per heavy atom. The van der Waals surface area contributed by atoms with Crippen LogP contribution < -0.4 is 10.1 Å². The SMILES string of the molecule is CNC(=O)c1cccc(Oc2ccc(C(=O)Cl)cn2)c1. The fourth-order valence-electron chi connectivity index (χ4n) is 1.52. The summed E-state index contributed by atoms with van der Waals surface area (Å²) in [5.74, 6) is 0.579. The van der Waals surface area contributed by atoms with E-state index in [1.54, 1.807) is 31.3 Å². The minimum absolute atomic E-state index is 0.202. The predicted octanol–water partition coefficient (Wildman–Crippen LogP) is 2.61. The van der Waals surface area contributed by atoms with Crippen molar-refractivity contribution in [3.8, 4) is 11.6 Å². The van der Waals surface area contributed by atoms with E-state index in [2.05, 4.69) is 10.3 Å². The quantitative estimate of drug-likeness (QED) is 0.879. The average molecular weight is 291 g/mol. The van der Waals surface area contributed by atoms with E-state index >= 15 is 0 Å². The van der Waals surface area contributed by atoms with Crippen LogP contribution in [0.25, 0.3) is 0 Å². The van der Waals surface area contributed by atoms with E-state index in [1.165, 1.54) is 18.3 Å². The Morgan fingerprint density at radius 2 is 2.00 bits per heavy atom. The molecule has 102 valence electrons. The van der Waals surface area contributed by atoms with E-state index in [9.17, 15) is 9.59 Å². The molecule has 5 nitrogen and oxygen atoms in total. The number of amides is 1. The Balaban J connectivity index is 2.17. The summed E-state index contributed by atoms with van der Waals surface area (Å²) in [6.07, 6.45) is 1.33. The van der Waals surface area contributed by atoms with Crippen molar-refractivity contribution < 1.29 is 14.3 Å². The zero-order chi connectivity index (χ0) is 14.5. The van der Waals surface area contributed by atoms with Crippen molar-refractivity contribution in [2.75, 3.05) is 7.05 Å². The first-order chi connectivity index (χ1) is 9.60. The molecule has 0 aliphatic rings. The molecular weight excluding hydrogens is 280 g/mol. The molecule has 1 N–H and O–H groups in total. The molecule has 1 aromatic heterocycles. The summed E-state index contributed by atoms with van der Waals surface area (Å²) in [6.45, 7) is 0. The lowest BCUT2D eigenvalue weighted by atomic mass is 10.2. The summed E-state index contributed by atoms with van der Waals surface area (Å²) in [5, 5.41) is 1.95. The Hall–Kier alpha value is -2.40. The lowest BCUT2D eigenvalue weighted by Gasteiger charge is -2.06. The number of halogens is 1. The van der Waals surface area contributed by atoms with Crippen molar-refractivity contribution in [2.24, 2.45) is 0 Å². The van der Waals surface area contributed by atoms with Gasteiger partial charge in [0.05, 0.1) is 5.56 Å². The van der Waals surface area contributed by atoms with Crippen molar-refractivity contribution in [1.29, 1.82) is 0 Å². The van der Waals surface area contributed by atoms with Gasteiger partial charge in [-0.3, -0.25) is 9.59 Å². The fourth-order valence-corrected chi connectivity index (χ4v) is 1.63. The maximum absolute atomic E-state index is 11.5. The number of aromatic nitrogens is 1. The molecule has 0 saturated heterocycles. The molecule has 1 aromatic carbocycles. The van der Waals surface area contributed by atoms with E-state index in [4.69, 9.17) is 16.3 Å². The number of carbonyl (C=O) groups is 2. The lowest BCUT2D eigenvalue weighted by Crippen LogP contribution is -2.17. The van der Waals surface area contributed by atoms with E-state index in [1.807, 2.05) is 0 Å². The Bertz CT molecular complexity index is 641. The number of nitrogens with one attached hydrogen (secondary N) is 1. The molecule has 0 saturated carbocycles. The first-order valence-corrected chi connectivity index (χ1v) is 6.14. The second-order valence-electron chi connectivity index (χ2n) is 3.87. The number of rotatable bonds is 4. The Morgan fingerprint density at radius 3 is 2.60 bits per heavy atom. The highest BCUT2D eigenvalue weighted by Gasteiger charge is 2.06. The van der Waals surface area contributed by atoms with Gasteiger partial charge in [-0.2, -0.15) is 0 Å². The molecule has 0 fully saturated rings. The third kappa shape index (κ3) is 3.33. The third-order valence-corrected chi connectivity index (χ3v) is 2.73. The van der Waals surface area contributed by atoms with E-state index in [0.717, 1.165) is 0 Å². The van der Waals surface area contributed by atoms with E-state index < -0.39 is 5.24 Å². The molecule has 1 amide bonds. The van der Waals surface area contributed by atoms with Crippen LogP contribution in [-0.4, -0.2) is 23.2 Å². The van der Waals surface area contributed by atoms with Gasteiger partial charge in [0.2, 0.25) is 5.88 Å². The van der Waals surface area contributed by atoms with Crippen molar-refractivity contribution in [3.05, 3.63) is 53.7 Å². The molecular formula is C14H11ClN2O3. The standard InChI is InChI=1S/C14H11ClN2O3/c1-16-14(19)9-3-2-4-11(7-9)20-12-6-5-10(8-17-12)13(15)18/h2-8H,1H3,(H,16,19). The minimum atomic E-state index is -0.578. The molecule has 0 bridgehead atoms. The molecule has 0 aliphatic carbocycles. The van der Waals surface area contributed by atoms with Crippen LogP contribution >= 0.6 is 11.6 Å². The predicted molar refractivity (Wildman–Crippen MR) is 74.3 cm³/mol. The van der Waals surface area contributed by atoms with Crippen molar-refractivity contribution >= 4 is 22.8 Å². The number of hydrogen-bond donors (Lipinski definition) is 1. The molecule has 0 aliphatic heterocycles. The highest BCUT2D eigenvalue weighted by Crippen LogP contribution is 2.20. The number of pyridine rings is 1. The van der Waals surface area contributed by atoms with Crippen LogP contribution in [0.15, 0.2) is 42.6 Å². The summed E-state index contributed by atoms with van der Waals surface area (Å²) in [4.78, 5) is 26.4. The van der Waals surface area contributed by atoms with Gasteiger partial charge in [-0.1, -0.05) is 6.07 Å². The molecule has 2 rings (SSSR count). The van der Waals surface area contributed by atoms with Crippen LogP contribution in [0.5, 0.6) is 11.6 Å². The molecule has 0 atom stereocenters. The molecule has 2 aromatic rings. The van der Waals surface area contributed by atoms with Gasteiger partial charge >= 0.3 is 0 Å². The number of carbonyl (C=O) groups excluding carboxylic acids is 2. The first kappa shape index (κ1) is 14.0. The summed E-state index contributed by atoms with van der Waals surface area (Å²) in [7, 11) is 1.55. The highest BCUT2D eigenvalue weighted by molar-refractivity contribution is 6.67. The van der Waals surface area contributed by atoms with Crippen LogP contribution in [0.3, 0.4) is 0 Å². The van der Waals surface area contributed by atoms with Gasteiger partial charge < -0.3 is 10.1 Å². The van der Waals surface area contributed by atoms with E-state index in [0.29, 0.717) is 17.2 Å².